The molecule has 1 saturated heterocycles. The van der Waals surface area contributed by atoms with Crippen molar-refractivity contribution in [1.29, 1.82) is 0 Å². The van der Waals surface area contributed by atoms with Crippen LogP contribution < -0.4 is 5.32 Å². The van der Waals surface area contributed by atoms with Gasteiger partial charge in [0.15, 0.2) is 5.69 Å². The predicted octanol–water partition coefficient (Wildman–Crippen LogP) is 0.343. The second kappa shape index (κ2) is 5.68. The minimum Gasteiger partial charge on any atom is -0.476 e. The molecule has 0 atom stereocenters. The second-order valence-corrected chi connectivity index (χ2v) is 4.53. The lowest BCUT2D eigenvalue weighted by Crippen LogP contribution is -2.54. The van der Waals surface area contributed by atoms with Gasteiger partial charge >= 0.3 is 12.0 Å². The molecule has 8 heteroatoms. The van der Waals surface area contributed by atoms with E-state index in [1.54, 1.807) is 4.90 Å². The van der Waals surface area contributed by atoms with Crippen LogP contribution in [0.2, 0.25) is 0 Å². The Morgan fingerprint density at radius 3 is 2.84 bits per heavy atom. The van der Waals surface area contributed by atoms with Crippen LogP contribution in [0.25, 0.3) is 0 Å². The molecule has 2 amide bonds. The monoisotopic (exact) mass is 267 g/mol. The van der Waals surface area contributed by atoms with Crippen molar-refractivity contribution in [2.45, 2.75) is 25.8 Å². The van der Waals surface area contributed by atoms with E-state index in [-0.39, 0.29) is 17.8 Å². The number of hydrogen-bond donors (Lipinski definition) is 2. The molecule has 1 aliphatic heterocycles. The molecule has 0 saturated carbocycles. The molecule has 19 heavy (non-hydrogen) atoms. The third kappa shape index (κ3) is 3.01. The summed E-state index contributed by atoms with van der Waals surface area (Å²) in [6.07, 6.45) is 3.40. The number of urea groups is 1. The number of carbonyl (C=O) groups excluding carboxylic acids is 1. The summed E-state index contributed by atoms with van der Waals surface area (Å²) in [6.45, 7) is 3.81. The summed E-state index contributed by atoms with van der Waals surface area (Å²) in [5, 5.41) is 18.9. The largest absolute Gasteiger partial charge is 0.476 e. The number of amides is 2. The van der Waals surface area contributed by atoms with Crippen LogP contribution in [0.15, 0.2) is 6.20 Å². The highest BCUT2D eigenvalue weighted by Crippen LogP contribution is 2.20. The first kappa shape index (κ1) is 13.3. The van der Waals surface area contributed by atoms with E-state index < -0.39 is 5.97 Å². The third-order valence-electron chi connectivity index (χ3n) is 3.06. The topological polar surface area (TPSA) is 100 Å². The second-order valence-electron chi connectivity index (χ2n) is 4.53. The van der Waals surface area contributed by atoms with Crippen LogP contribution in [0.3, 0.4) is 0 Å². The zero-order valence-corrected chi connectivity index (χ0v) is 10.7. The summed E-state index contributed by atoms with van der Waals surface area (Å²) in [5.74, 6) is -1.10. The Balaban J connectivity index is 1.78. The van der Waals surface area contributed by atoms with Gasteiger partial charge in [0.05, 0.1) is 12.2 Å². The van der Waals surface area contributed by atoms with Gasteiger partial charge in [0.25, 0.3) is 0 Å². The number of hydrogen-bond acceptors (Lipinski definition) is 4. The van der Waals surface area contributed by atoms with Gasteiger partial charge in [-0.25, -0.2) is 14.3 Å². The van der Waals surface area contributed by atoms with Crippen LogP contribution >= 0.6 is 0 Å². The van der Waals surface area contributed by atoms with Crippen molar-refractivity contribution < 1.29 is 14.7 Å². The van der Waals surface area contributed by atoms with E-state index >= 15 is 0 Å². The van der Waals surface area contributed by atoms with E-state index in [4.69, 9.17) is 5.11 Å². The molecular formula is C11H17N5O3. The first-order chi connectivity index (χ1) is 9.11. The summed E-state index contributed by atoms with van der Waals surface area (Å²) >= 11 is 0. The molecule has 0 unspecified atom stereocenters. The number of carboxylic acids is 1. The number of nitrogens with one attached hydrogen (secondary N) is 1. The molecule has 2 heterocycles. The number of carboxylic acid groups (broad SMARTS) is 1. The number of aromatic carboxylic acids is 1. The fourth-order valence-corrected chi connectivity index (χ4v) is 1.83. The summed E-state index contributed by atoms with van der Waals surface area (Å²) in [7, 11) is 0. The van der Waals surface area contributed by atoms with Crippen molar-refractivity contribution in [3.63, 3.8) is 0 Å². The third-order valence-corrected chi connectivity index (χ3v) is 3.06. The van der Waals surface area contributed by atoms with Crippen LogP contribution in [0.4, 0.5) is 4.79 Å². The predicted molar refractivity (Wildman–Crippen MR) is 65.9 cm³/mol. The smallest absolute Gasteiger partial charge is 0.358 e. The first-order valence-electron chi connectivity index (χ1n) is 6.29. The van der Waals surface area contributed by atoms with E-state index in [2.05, 4.69) is 22.6 Å². The molecule has 1 aromatic heterocycles. The zero-order valence-electron chi connectivity index (χ0n) is 10.7. The normalized spacial score (nSPS) is 15.1. The van der Waals surface area contributed by atoms with E-state index in [1.807, 2.05) is 0 Å². The number of aromatic nitrogens is 3. The fraction of sp³-hybridized carbons (Fsp3) is 0.636. The Bertz CT molecular complexity index is 467. The van der Waals surface area contributed by atoms with Crippen molar-refractivity contribution in [2.75, 3.05) is 19.6 Å². The molecule has 1 fully saturated rings. The van der Waals surface area contributed by atoms with Gasteiger partial charge in [0, 0.05) is 19.6 Å². The number of nitrogens with zero attached hydrogens (tertiary/aromatic N) is 4. The Labute approximate surface area is 110 Å². The van der Waals surface area contributed by atoms with E-state index in [0.29, 0.717) is 19.6 Å². The van der Waals surface area contributed by atoms with Gasteiger partial charge in [-0.15, -0.1) is 5.10 Å². The van der Waals surface area contributed by atoms with Crippen LogP contribution in [-0.2, 0) is 0 Å². The number of likely N-dealkylation sites (tertiary alicyclic amines) is 1. The maximum atomic E-state index is 11.7. The lowest BCUT2D eigenvalue weighted by Gasteiger charge is -2.38. The van der Waals surface area contributed by atoms with Gasteiger partial charge < -0.3 is 15.3 Å². The summed E-state index contributed by atoms with van der Waals surface area (Å²) in [6, 6.07) is -0.0687. The van der Waals surface area contributed by atoms with Crippen molar-refractivity contribution in [1.82, 2.24) is 25.2 Å². The Morgan fingerprint density at radius 1 is 1.53 bits per heavy atom. The molecule has 0 radical (unpaired) electrons. The molecule has 2 N–H and O–H groups in total. The van der Waals surface area contributed by atoms with Gasteiger partial charge in [-0.3, -0.25) is 0 Å². The molecule has 8 nitrogen and oxygen atoms in total. The average Bonchev–Trinajstić information content (AvgIpc) is 2.77. The van der Waals surface area contributed by atoms with Crippen molar-refractivity contribution in [3.8, 4) is 0 Å². The standard InChI is InChI=1S/C11H17N5O3/c1-2-3-4-12-11(19)15-5-8(6-15)16-7-9(10(17)18)13-14-16/h7-8H,2-6H2,1H3,(H,12,19)(H,17,18). The van der Waals surface area contributed by atoms with Crippen LogP contribution in [0.1, 0.15) is 36.3 Å². The van der Waals surface area contributed by atoms with Crippen LogP contribution in [0.5, 0.6) is 0 Å². The molecule has 104 valence electrons. The highest BCUT2D eigenvalue weighted by molar-refractivity contribution is 5.84. The Kier molecular flexibility index (Phi) is 3.98. The summed E-state index contributed by atoms with van der Waals surface area (Å²) in [4.78, 5) is 24.0. The quantitative estimate of drug-likeness (QED) is 0.749. The van der Waals surface area contributed by atoms with Crippen molar-refractivity contribution in [3.05, 3.63) is 11.9 Å². The van der Waals surface area contributed by atoms with Crippen molar-refractivity contribution >= 4 is 12.0 Å². The van der Waals surface area contributed by atoms with Gasteiger partial charge in [-0.2, -0.15) is 0 Å². The molecule has 2 rings (SSSR count). The Hall–Kier alpha value is -2.12. The van der Waals surface area contributed by atoms with Crippen molar-refractivity contribution in [2.24, 2.45) is 0 Å². The molecule has 0 aromatic carbocycles. The molecular weight excluding hydrogens is 250 g/mol. The Morgan fingerprint density at radius 2 is 2.26 bits per heavy atom. The maximum Gasteiger partial charge on any atom is 0.358 e. The van der Waals surface area contributed by atoms with Crippen LogP contribution in [0, 0.1) is 0 Å². The van der Waals surface area contributed by atoms with Gasteiger partial charge in [-0.05, 0) is 6.42 Å². The molecule has 0 spiro atoms. The highest BCUT2D eigenvalue weighted by Gasteiger charge is 2.32. The molecule has 0 bridgehead atoms. The molecule has 1 aromatic rings. The van der Waals surface area contributed by atoms with E-state index in [9.17, 15) is 9.59 Å². The van der Waals surface area contributed by atoms with Crippen LogP contribution in [-0.4, -0.2) is 56.6 Å². The molecule has 0 aliphatic carbocycles. The lowest BCUT2D eigenvalue weighted by molar-refractivity contribution is 0.0690. The minimum atomic E-state index is -1.10. The maximum absolute atomic E-state index is 11.7. The summed E-state index contributed by atoms with van der Waals surface area (Å²) in [5.41, 5.74) is -0.0779. The first-order valence-corrected chi connectivity index (χ1v) is 6.29. The fourth-order valence-electron chi connectivity index (χ4n) is 1.83. The summed E-state index contributed by atoms with van der Waals surface area (Å²) < 4.78 is 1.50. The van der Waals surface area contributed by atoms with Gasteiger partial charge in [0.1, 0.15) is 0 Å². The number of unbranched alkanes of at least 4 members (excludes halogenated alkanes) is 1. The SMILES string of the molecule is CCCCNC(=O)N1CC(n2cc(C(=O)O)nn2)C1. The average molecular weight is 267 g/mol. The van der Waals surface area contributed by atoms with Gasteiger partial charge in [-0.1, -0.05) is 18.6 Å². The number of carbonyl (C=O) groups is 2. The number of rotatable bonds is 5. The lowest BCUT2D eigenvalue weighted by atomic mass is 10.1. The van der Waals surface area contributed by atoms with E-state index in [0.717, 1.165) is 12.8 Å². The highest BCUT2D eigenvalue weighted by atomic mass is 16.4. The molecule has 1 aliphatic rings. The van der Waals surface area contributed by atoms with Gasteiger partial charge in [0.2, 0.25) is 0 Å². The zero-order chi connectivity index (χ0) is 13.8. The van der Waals surface area contributed by atoms with E-state index in [1.165, 1.54) is 10.9 Å². The minimum absolute atomic E-state index is 0.0116.